The molecule has 1 aliphatic heterocycles. The summed E-state index contributed by atoms with van der Waals surface area (Å²) >= 11 is 0. The molecule has 4 aromatic rings. The first-order valence-electron chi connectivity index (χ1n) is 9.95. The summed E-state index contributed by atoms with van der Waals surface area (Å²) in [5.41, 5.74) is 3.05. The molecule has 2 aromatic heterocycles. The van der Waals surface area contributed by atoms with E-state index >= 15 is 0 Å². The van der Waals surface area contributed by atoms with Gasteiger partial charge in [0.1, 0.15) is 5.69 Å². The average Bonchev–Trinajstić information content (AvgIpc) is 3.19. The Kier molecular flexibility index (Phi) is 4.40. The summed E-state index contributed by atoms with van der Waals surface area (Å²) < 4.78 is 27.9. The van der Waals surface area contributed by atoms with E-state index in [9.17, 15) is 18.4 Å². The number of nitrogens with zero attached hydrogens (tertiary/aromatic N) is 1. The minimum Gasteiger partial charge on any atom is -0.351 e. The quantitative estimate of drug-likeness (QED) is 0.463. The second-order valence-corrected chi connectivity index (χ2v) is 7.94. The highest BCUT2D eigenvalue weighted by Crippen LogP contribution is 2.33. The van der Waals surface area contributed by atoms with Gasteiger partial charge in [-0.15, -0.1) is 0 Å². The summed E-state index contributed by atoms with van der Waals surface area (Å²) in [5.74, 6) is -2.35. The first-order chi connectivity index (χ1) is 14.8. The summed E-state index contributed by atoms with van der Waals surface area (Å²) in [6.45, 7) is 2.75. The van der Waals surface area contributed by atoms with E-state index in [4.69, 9.17) is 0 Å². The Balaban J connectivity index is 1.62. The van der Waals surface area contributed by atoms with Gasteiger partial charge in [0.15, 0.2) is 11.6 Å². The third-order valence-corrected chi connectivity index (χ3v) is 6.06. The normalized spacial score (nSPS) is 15.9. The fourth-order valence-electron chi connectivity index (χ4n) is 4.43. The van der Waals surface area contributed by atoms with Gasteiger partial charge in [0.2, 0.25) is 0 Å². The Hall–Kier alpha value is -3.52. The molecule has 5 rings (SSSR count). The monoisotopic (exact) mass is 422 g/mol. The molecule has 158 valence electrons. The maximum absolute atomic E-state index is 14.1. The number of halogens is 2. The van der Waals surface area contributed by atoms with Gasteiger partial charge < -0.3 is 20.2 Å². The van der Waals surface area contributed by atoms with Gasteiger partial charge in [-0.2, -0.15) is 0 Å². The summed E-state index contributed by atoms with van der Waals surface area (Å²) in [7, 11) is 1.67. The molecule has 0 radical (unpaired) electrons. The third kappa shape index (κ3) is 3.02. The molecule has 31 heavy (non-hydrogen) atoms. The zero-order valence-electron chi connectivity index (χ0n) is 17.0. The summed E-state index contributed by atoms with van der Waals surface area (Å²) in [6, 6.07) is 9.10. The van der Waals surface area contributed by atoms with Gasteiger partial charge in [-0.1, -0.05) is 12.1 Å². The molecule has 0 fully saturated rings. The standard InChI is InChI=1S/C23H20F2N4O2/c1-11-4-3-5-17-12(11)8-18(27-17)23(31)29(2)20-10-26-9-19-21(20)13-6-15(24)16(25)7-14(13)22(30)28-19/h3-8,20,26-27H,9-10H2,1-2H3,(H,28,30). The third-order valence-electron chi connectivity index (χ3n) is 6.06. The average molecular weight is 422 g/mol. The number of aromatic amines is 2. The molecule has 0 spiro atoms. The van der Waals surface area contributed by atoms with E-state index in [0.29, 0.717) is 35.4 Å². The van der Waals surface area contributed by atoms with E-state index < -0.39 is 23.2 Å². The molecule has 6 nitrogen and oxygen atoms in total. The largest absolute Gasteiger partial charge is 0.351 e. The van der Waals surface area contributed by atoms with Crippen molar-refractivity contribution in [3.05, 3.63) is 80.9 Å². The molecule has 0 saturated carbocycles. The van der Waals surface area contributed by atoms with E-state index in [1.165, 1.54) is 0 Å². The van der Waals surface area contributed by atoms with Crippen molar-refractivity contribution in [3.8, 4) is 0 Å². The van der Waals surface area contributed by atoms with Crippen molar-refractivity contribution in [2.75, 3.05) is 13.6 Å². The molecule has 3 N–H and O–H groups in total. The highest BCUT2D eigenvalue weighted by atomic mass is 19.2. The van der Waals surface area contributed by atoms with Crippen molar-refractivity contribution in [2.45, 2.75) is 19.5 Å². The number of likely N-dealkylation sites (N-methyl/N-ethyl adjacent to an activating group) is 1. The maximum atomic E-state index is 14.1. The van der Waals surface area contributed by atoms with E-state index in [1.54, 1.807) is 11.9 Å². The van der Waals surface area contributed by atoms with Crippen LogP contribution >= 0.6 is 0 Å². The highest BCUT2D eigenvalue weighted by Gasteiger charge is 2.31. The van der Waals surface area contributed by atoms with Crippen molar-refractivity contribution in [3.63, 3.8) is 0 Å². The van der Waals surface area contributed by atoms with Crippen molar-refractivity contribution in [1.82, 2.24) is 20.2 Å². The van der Waals surface area contributed by atoms with Crippen LogP contribution < -0.4 is 10.9 Å². The van der Waals surface area contributed by atoms with Crippen LogP contribution in [0.2, 0.25) is 0 Å². The van der Waals surface area contributed by atoms with Gasteiger partial charge in [-0.25, -0.2) is 8.78 Å². The Morgan fingerprint density at radius 2 is 1.81 bits per heavy atom. The molecule has 1 unspecified atom stereocenters. The molecule has 0 aliphatic carbocycles. The number of H-pyrrole nitrogens is 2. The molecule has 1 aliphatic rings. The molecule has 8 heteroatoms. The number of aryl methyl sites for hydroxylation is 1. The number of fused-ring (bicyclic) bond motifs is 4. The lowest BCUT2D eigenvalue weighted by molar-refractivity contribution is 0.0718. The Morgan fingerprint density at radius 1 is 1.06 bits per heavy atom. The van der Waals surface area contributed by atoms with Gasteiger partial charge in [-0.3, -0.25) is 9.59 Å². The predicted octanol–water partition coefficient (Wildman–Crippen LogP) is 3.51. The first-order valence-corrected chi connectivity index (χ1v) is 9.95. The fraction of sp³-hybridized carbons (Fsp3) is 0.217. The number of hydrogen-bond donors (Lipinski definition) is 3. The van der Waals surface area contributed by atoms with Crippen LogP contribution in [-0.2, 0) is 6.54 Å². The first kappa shape index (κ1) is 19.4. The molecule has 2 aromatic carbocycles. The molecule has 1 atom stereocenters. The van der Waals surface area contributed by atoms with Gasteiger partial charge in [0, 0.05) is 42.3 Å². The van der Waals surface area contributed by atoms with Gasteiger partial charge in [0.25, 0.3) is 11.5 Å². The van der Waals surface area contributed by atoms with Crippen LogP contribution in [0.4, 0.5) is 8.78 Å². The molecular weight excluding hydrogens is 402 g/mol. The lowest BCUT2D eigenvalue weighted by Gasteiger charge is -2.34. The number of benzene rings is 2. The number of amides is 1. The van der Waals surface area contributed by atoms with Crippen LogP contribution in [0.1, 0.15) is 33.4 Å². The van der Waals surface area contributed by atoms with Crippen molar-refractivity contribution in [2.24, 2.45) is 0 Å². The second-order valence-electron chi connectivity index (χ2n) is 7.94. The zero-order chi connectivity index (χ0) is 21.9. The summed E-state index contributed by atoms with van der Waals surface area (Å²) in [6.07, 6.45) is 0. The van der Waals surface area contributed by atoms with E-state index in [1.807, 2.05) is 31.2 Å². The molecular formula is C23H20F2N4O2. The molecule has 0 bridgehead atoms. The fourth-order valence-corrected chi connectivity index (χ4v) is 4.43. The zero-order valence-corrected chi connectivity index (χ0v) is 17.0. The van der Waals surface area contributed by atoms with Crippen molar-refractivity contribution >= 4 is 27.6 Å². The highest BCUT2D eigenvalue weighted by molar-refractivity contribution is 5.99. The molecule has 0 saturated heterocycles. The Bertz CT molecular complexity index is 1420. The van der Waals surface area contributed by atoms with E-state index in [2.05, 4.69) is 15.3 Å². The van der Waals surface area contributed by atoms with Crippen molar-refractivity contribution < 1.29 is 13.6 Å². The number of hydrogen-bond acceptors (Lipinski definition) is 3. The SMILES string of the molecule is Cc1cccc2[nH]c(C(=O)N(C)C3CNCc4[nH]c(=O)c5cc(F)c(F)cc5c43)cc12. The lowest BCUT2D eigenvalue weighted by atomic mass is 9.93. The topological polar surface area (TPSA) is 81.0 Å². The van der Waals surface area contributed by atoms with Crippen molar-refractivity contribution in [1.29, 1.82) is 0 Å². The van der Waals surface area contributed by atoms with Gasteiger partial charge >= 0.3 is 0 Å². The Labute approximate surface area is 175 Å². The number of nitrogens with one attached hydrogen (secondary N) is 3. The number of pyridine rings is 1. The molecule has 1 amide bonds. The lowest BCUT2D eigenvalue weighted by Crippen LogP contribution is -2.42. The van der Waals surface area contributed by atoms with Gasteiger partial charge in [0.05, 0.1) is 11.4 Å². The minimum atomic E-state index is -1.08. The van der Waals surface area contributed by atoms with Crippen LogP contribution in [0.25, 0.3) is 21.7 Å². The second kappa shape index (κ2) is 7.02. The smallest absolute Gasteiger partial charge is 0.270 e. The number of rotatable bonds is 2. The minimum absolute atomic E-state index is 0.0617. The van der Waals surface area contributed by atoms with E-state index in [-0.39, 0.29) is 11.3 Å². The Morgan fingerprint density at radius 3 is 2.55 bits per heavy atom. The molecule has 3 heterocycles. The maximum Gasteiger partial charge on any atom is 0.270 e. The predicted molar refractivity (Wildman–Crippen MR) is 114 cm³/mol. The van der Waals surface area contributed by atoms with E-state index in [0.717, 1.165) is 28.6 Å². The van der Waals surface area contributed by atoms with Crippen LogP contribution in [-0.4, -0.2) is 34.4 Å². The van der Waals surface area contributed by atoms with Crippen LogP contribution in [0.5, 0.6) is 0 Å². The summed E-state index contributed by atoms with van der Waals surface area (Å²) in [4.78, 5) is 33.2. The van der Waals surface area contributed by atoms with Crippen LogP contribution in [0, 0.1) is 18.6 Å². The number of carbonyl (C=O) groups is 1. The van der Waals surface area contributed by atoms with Gasteiger partial charge in [-0.05, 0) is 42.1 Å². The number of aromatic nitrogens is 2. The number of carbonyl (C=O) groups excluding carboxylic acids is 1. The van der Waals surface area contributed by atoms with Crippen LogP contribution in [0.3, 0.4) is 0 Å². The van der Waals surface area contributed by atoms with Crippen LogP contribution in [0.15, 0.2) is 41.2 Å². The summed E-state index contributed by atoms with van der Waals surface area (Å²) in [5, 5.41) is 4.53.